The molecule has 2 aromatic rings. The number of cyclic esters (lactones) is 1. The van der Waals surface area contributed by atoms with Gasteiger partial charge in [-0.05, 0) is 24.6 Å². The van der Waals surface area contributed by atoms with Crippen molar-refractivity contribution in [3.63, 3.8) is 0 Å². The Morgan fingerprint density at radius 1 is 1.30 bits per heavy atom. The molecule has 0 bridgehead atoms. The molecule has 1 N–H and O–H groups in total. The number of amides is 1. The quantitative estimate of drug-likeness (QED) is 0.879. The summed E-state index contributed by atoms with van der Waals surface area (Å²) < 4.78 is 10.1. The number of rotatable bonds is 3. The minimum atomic E-state index is -0.391. The van der Waals surface area contributed by atoms with Crippen LogP contribution in [0.2, 0.25) is 0 Å². The molecule has 1 amide bonds. The van der Waals surface area contributed by atoms with E-state index in [-0.39, 0.29) is 6.04 Å². The summed E-state index contributed by atoms with van der Waals surface area (Å²) in [6, 6.07) is 7.89. The van der Waals surface area contributed by atoms with Crippen LogP contribution in [-0.4, -0.2) is 29.3 Å². The van der Waals surface area contributed by atoms with Gasteiger partial charge in [0.1, 0.15) is 6.61 Å². The van der Waals surface area contributed by atoms with Gasteiger partial charge < -0.3 is 14.8 Å². The lowest BCUT2D eigenvalue weighted by molar-refractivity contribution is 0.177. The molecule has 6 nitrogen and oxygen atoms in total. The average Bonchev–Trinajstić information content (AvgIpc) is 3.01. The van der Waals surface area contributed by atoms with Gasteiger partial charge in [0.25, 0.3) is 0 Å². The second-order valence-electron chi connectivity index (χ2n) is 4.86. The second kappa shape index (κ2) is 6.79. The minimum absolute atomic E-state index is 0.127. The van der Waals surface area contributed by atoms with Crippen LogP contribution >= 0.6 is 0 Å². The maximum Gasteiger partial charge on any atom is 0.407 e. The predicted molar refractivity (Wildman–Crippen MR) is 82.8 cm³/mol. The molecule has 0 unspecified atom stereocenters. The highest BCUT2D eigenvalue weighted by molar-refractivity contribution is 5.70. The smallest absolute Gasteiger partial charge is 0.407 e. The molecule has 0 spiro atoms. The average molecular weight is 309 g/mol. The Morgan fingerprint density at radius 3 is 2.78 bits per heavy atom. The molecule has 1 aliphatic rings. The number of ether oxygens (including phenoxy) is 2. The van der Waals surface area contributed by atoms with Crippen LogP contribution in [0, 0.1) is 11.8 Å². The lowest BCUT2D eigenvalue weighted by atomic mass is 10.1. The summed E-state index contributed by atoms with van der Waals surface area (Å²) in [5.74, 6) is 6.07. The van der Waals surface area contributed by atoms with E-state index in [0.717, 1.165) is 11.1 Å². The molecule has 1 fully saturated rings. The van der Waals surface area contributed by atoms with Crippen molar-refractivity contribution in [3.8, 4) is 17.9 Å². The number of alkyl carbamates (subject to hydrolysis) is 1. The van der Waals surface area contributed by atoms with E-state index < -0.39 is 6.09 Å². The molecule has 1 atom stereocenters. The first-order chi connectivity index (χ1) is 11.2. The zero-order valence-corrected chi connectivity index (χ0v) is 12.6. The topological polar surface area (TPSA) is 73.3 Å². The number of aromatic nitrogens is 2. The molecule has 3 rings (SSSR count). The molecule has 1 saturated heterocycles. The summed E-state index contributed by atoms with van der Waals surface area (Å²) >= 11 is 0. The van der Waals surface area contributed by atoms with Crippen LogP contribution in [0.4, 0.5) is 4.79 Å². The summed E-state index contributed by atoms with van der Waals surface area (Å²) in [6.07, 6.45) is 2.86. The molecule has 1 aromatic heterocycles. The van der Waals surface area contributed by atoms with Gasteiger partial charge in [-0.3, -0.25) is 0 Å². The van der Waals surface area contributed by atoms with Gasteiger partial charge in [0.05, 0.1) is 18.2 Å². The molecule has 0 radical (unpaired) electrons. The van der Waals surface area contributed by atoms with E-state index in [2.05, 4.69) is 27.1 Å². The van der Waals surface area contributed by atoms with Crippen LogP contribution in [0.3, 0.4) is 0 Å². The van der Waals surface area contributed by atoms with Gasteiger partial charge >= 0.3 is 12.1 Å². The molecule has 2 heterocycles. The predicted octanol–water partition coefficient (Wildman–Crippen LogP) is 2.06. The van der Waals surface area contributed by atoms with Crippen molar-refractivity contribution in [2.75, 3.05) is 13.2 Å². The first-order valence-electron chi connectivity index (χ1n) is 7.24. The van der Waals surface area contributed by atoms with Crippen molar-refractivity contribution in [1.82, 2.24) is 15.3 Å². The maximum absolute atomic E-state index is 11.1. The molecule has 23 heavy (non-hydrogen) atoms. The van der Waals surface area contributed by atoms with Crippen LogP contribution in [0.15, 0.2) is 36.7 Å². The first-order valence-corrected chi connectivity index (χ1v) is 7.24. The number of carbonyl (C=O) groups is 1. The number of hydrogen-bond acceptors (Lipinski definition) is 5. The van der Waals surface area contributed by atoms with Gasteiger partial charge in [-0.15, -0.1) is 0 Å². The van der Waals surface area contributed by atoms with Crippen LogP contribution in [0.1, 0.15) is 29.7 Å². The van der Waals surface area contributed by atoms with Gasteiger partial charge in [-0.1, -0.05) is 24.0 Å². The number of hydrogen-bond donors (Lipinski definition) is 1. The fourth-order valence-corrected chi connectivity index (χ4v) is 2.13. The standard InChI is InChI=1S/C17H15N3O3/c1-2-22-16-18-9-13(10-19-16)7-6-12-4-3-5-14(8-12)15-11-23-17(21)20-15/h3-5,8-10,15H,2,11H2,1H3,(H,20,21)/t15-/m0/s1. The Bertz CT molecular complexity index is 763. The van der Waals surface area contributed by atoms with E-state index in [9.17, 15) is 4.79 Å². The van der Waals surface area contributed by atoms with Gasteiger partial charge in [0.15, 0.2) is 0 Å². The Kier molecular flexibility index (Phi) is 4.39. The van der Waals surface area contributed by atoms with Gasteiger partial charge in [-0.25, -0.2) is 14.8 Å². The van der Waals surface area contributed by atoms with Gasteiger partial charge in [0.2, 0.25) is 0 Å². The lowest BCUT2D eigenvalue weighted by Crippen LogP contribution is -2.18. The highest BCUT2D eigenvalue weighted by Gasteiger charge is 2.23. The van der Waals surface area contributed by atoms with Crippen molar-refractivity contribution in [3.05, 3.63) is 53.3 Å². The van der Waals surface area contributed by atoms with E-state index >= 15 is 0 Å². The third kappa shape index (κ3) is 3.77. The molecule has 0 aliphatic carbocycles. The molecular weight excluding hydrogens is 294 g/mol. The number of nitrogens with zero attached hydrogens (tertiary/aromatic N) is 2. The highest BCUT2D eigenvalue weighted by Crippen LogP contribution is 2.18. The van der Waals surface area contributed by atoms with Crippen molar-refractivity contribution >= 4 is 6.09 Å². The number of nitrogens with one attached hydrogen (secondary N) is 1. The highest BCUT2D eigenvalue weighted by atomic mass is 16.6. The molecule has 1 aromatic carbocycles. The monoisotopic (exact) mass is 309 g/mol. The van der Waals surface area contributed by atoms with E-state index in [0.29, 0.717) is 24.8 Å². The summed E-state index contributed by atoms with van der Waals surface area (Å²) in [5.41, 5.74) is 2.51. The third-order valence-electron chi connectivity index (χ3n) is 3.21. The van der Waals surface area contributed by atoms with Gasteiger partial charge in [-0.2, -0.15) is 0 Å². The second-order valence-corrected chi connectivity index (χ2v) is 4.86. The maximum atomic E-state index is 11.1. The SMILES string of the molecule is CCOc1ncc(C#Cc2cccc([C@@H]3COC(=O)N3)c2)cn1. The van der Waals surface area contributed by atoms with Crippen LogP contribution in [-0.2, 0) is 4.74 Å². The van der Waals surface area contributed by atoms with E-state index in [1.54, 1.807) is 12.4 Å². The summed E-state index contributed by atoms with van der Waals surface area (Å²) in [4.78, 5) is 19.3. The summed E-state index contributed by atoms with van der Waals surface area (Å²) in [6.45, 7) is 2.74. The number of benzene rings is 1. The van der Waals surface area contributed by atoms with Gasteiger partial charge in [0, 0.05) is 18.0 Å². The normalized spacial score (nSPS) is 16.0. The summed E-state index contributed by atoms with van der Waals surface area (Å²) in [7, 11) is 0. The first kappa shape index (κ1) is 14.9. The van der Waals surface area contributed by atoms with Crippen LogP contribution in [0.25, 0.3) is 0 Å². The Hall–Kier alpha value is -3.07. The third-order valence-corrected chi connectivity index (χ3v) is 3.21. The van der Waals surface area contributed by atoms with Crippen LogP contribution < -0.4 is 10.1 Å². The van der Waals surface area contributed by atoms with E-state index in [1.165, 1.54) is 0 Å². The molecular formula is C17H15N3O3. The van der Waals surface area contributed by atoms with Crippen molar-refractivity contribution < 1.29 is 14.3 Å². The Morgan fingerprint density at radius 2 is 2.09 bits per heavy atom. The Labute approximate surface area is 133 Å². The largest absolute Gasteiger partial charge is 0.464 e. The Balaban J connectivity index is 1.74. The van der Waals surface area contributed by atoms with Crippen LogP contribution in [0.5, 0.6) is 6.01 Å². The van der Waals surface area contributed by atoms with Crippen molar-refractivity contribution in [1.29, 1.82) is 0 Å². The molecule has 1 aliphatic heterocycles. The van der Waals surface area contributed by atoms with Crippen molar-refractivity contribution in [2.24, 2.45) is 0 Å². The van der Waals surface area contributed by atoms with Crippen molar-refractivity contribution in [2.45, 2.75) is 13.0 Å². The molecule has 6 heteroatoms. The molecule has 0 saturated carbocycles. The summed E-state index contributed by atoms with van der Waals surface area (Å²) in [5, 5.41) is 2.75. The fourth-order valence-electron chi connectivity index (χ4n) is 2.13. The zero-order valence-electron chi connectivity index (χ0n) is 12.6. The zero-order chi connectivity index (χ0) is 16.1. The van der Waals surface area contributed by atoms with E-state index in [4.69, 9.17) is 9.47 Å². The fraction of sp³-hybridized carbons (Fsp3) is 0.235. The lowest BCUT2D eigenvalue weighted by Gasteiger charge is -2.07. The molecule has 116 valence electrons. The van der Waals surface area contributed by atoms with E-state index in [1.807, 2.05) is 31.2 Å². The number of carbonyl (C=O) groups excluding carboxylic acids is 1. The minimum Gasteiger partial charge on any atom is -0.464 e.